The molecule has 0 atom stereocenters. The lowest BCUT2D eigenvalue weighted by atomic mass is 10.2. The fourth-order valence-electron chi connectivity index (χ4n) is 1.97. The van der Waals surface area contributed by atoms with E-state index in [1.807, 2.05) is 12.1 Å². The zero-order valence-corrected chi connectivity index (χ0v) is 12.9. The average Bonchev–Trinajstić information content (AvgIpc) is 3.23. The molecule has 6 nitrogen and oxygen atoms in total. The maximum atomic E-state index is 11.8. The molecule has 7 heteroatoms. The van der Waals surface area contributed by atoms with Gasteiger partial charge >= 0.3 is 0 Å². The van der Waals surface area contributed by atoms with E-state index in [0.29, 0.717) is 35.5 Å². The summed E-state index contributed by atoms with van der Waals surface area (Å²) in [6.45, 7) is 0.456. The minimum absolute atomic E-state index is 0.0855. The molecule has 2 heterocycles. The molecule has 0 spiro atoms. The van der Waals surface area contributed by atoms with Crippen LogP contribution in [0.15, 0.2) is 51.6 Å². The van der Waals surface area contributed by atoms with Gasteiger partial charge in [0.05, 0.1) is 6.26 Å². The molecule has 3 rings (SSSR count). The van der Waals surface area contributed by atoms with Gasteiger partial charge in [-0.1, -0.05) is 28.9 Å². The molecular formula is C16H14ClN3O3. The normalized spacial score (nSPS) is 10.7. The summed E-state index contributed by atoms with van der Waals surface area (Å²) in [5, 5.41) is 7.32. The van der Waals surface area contributed by atoms with Crippen LogP contribution in [0.25, 0.3) is 11.6 Å². The van der Waals surface area contributed by atoms with Crippen LogP contribution in [0.1, 0.15) is 17.9 Å². The molecule has 1 aromatic carbocycles. The number of carbonyl (C=O) groups excluding carboxylic acids is 1. The molecule has 0 aliphatic rings. The van der Waals surface area contributed by atoms with Crippen molar-refractivity contribution in [3.63, 3.8) is 0 Å². The predicted octanol–water partition coefficient (Wildman–Crippen LogP) is 3.23. The summed E-state index contributed by atoms with van der Waals surface area (Å²) in [7, 11) is 0. The minimum Gasteiger partial charge on any atom is -0.461 e. The summed E-state index contributed by atoms with van der Waals surface area (Å²) in [6.07, 6.45) is 2.18. The predicted molar refractivity (Wildman–Crippen MR) is 83.6 cm³/mol. The second-order valence-electron chi connectivity index (χ2n) is 4.89. The van der Waals surface area contributed by atoms with Crippen LogP contribution in [0.4, 0.5) is 0 Å². The molecule has 0 unspecified atom stereocenters. The Morgan fingerprint density at radius 1 is 1.22 bits per heavy atom. The molecular weight excluding hydrogens is 318 g/mol. The van der Waals surface area contributed by atoms with E-state index in [1.54, 1.807) is 24.3 Å². The van der Waals surface area contributed by atoms with E-state index in [0.717, 1.165) is 5.56 Å². The molecule has 1 amide bonds. The summed E-state index contributed by atoms with van der Waals surface area (Å²) in [4.78, 5) is 16.0. The number of hydrogen-bond acceptors (Lipinski definition) is 5. The fraction of sp³-hybridized carbons (Fsp3) is 0.188. The molecule has 23 heavy (non-hydrogen) atoms. The smallest absolute Gasteiger partial charge is 0.238 e. The summed E-state index contributed by atoms with van der Waals surface area (Å²) < 4.78 is 10.3. The van der Waals surface area contributed by atoms with Crippen LogP contribution >= 0.6 is 11.6 Å². The van der Waals surface area contributed by atoms with E-state index in [4.69, 9.17) is 20.5 Å². The summed E-state index contributed by atoms with van der Waals surface area (Å²) in [5.74, 6) is 1.23. The van der Waals surface area contributed by atoms with Crippen LogP contribution < -0.4 is 5.32 Å². The van der Waals surface area contributed by atoms with Crippen LogP contribution in [-0.2, 0) is 17.8 Å². The minimum atomic E-state index is -0.0855. The molecule has 0 fully saturated rings. The van der Waals surface area contributed by atoms with Crippen LogP contribution in [0.3, 0.4) is 0 Å². The quantitative estimate of drug-likeness (QED) is 0.750. The zero-order chi connectivity index (χ0) is 16.1. The van der Waals surface area contributed by atoms with Crippen LogP contribution in [-0.4, -0.2) is 16.0 Å². The molecule has 2 aromatic heterocycles. The highest BCUT2D eigenvalue weighted by Crippen LogP contribution is 2.16. The largest absolute Gasteiger partial charge is 0.461 e. The molecule has 0 saturated heterocycles. The van der Waals surface area contributed by atoms with Gasteiger partial charge < -0.3 is 14.3 Å². The van der Waals surface area contributed by atoms with Crippen molar-refractivity contribution in [1.29, 1.82) is 0 Å². The van der Waals surface area contributed by atoms with Crippen molar-refractivity contribution in [2.24, 2.45) is 0 Å². The van der Waals surface area contributed by atoms with Gasteiger partial charge in [0.25, 0.3) is 0 Å². The summed E-state index contributed by atoms with van der Waals surface area (Å²) >= 11 is 5.81. The standard InChI is InChI=1S/C16H14ClN3O3/c17-12-5-3-11(4-6-12)10-18-14(21)7-8-15-19-16(20-23-15)13-2-1-9-22-13/h1-6,9H,7-8,10H2,(H,18,21). The van der Waals surface area contributed by atoms with E-state index < -0.39 is 0 Å². The Hall–Kier alpha value is -2.60. The van der Waals surface area contributed by atoms with Crippen molar-refractivity contribution < 1.29 is 13.7 Å². The van der Waals surface area contributed by atoms with Gasteiger partial charge in [-0.05, 0) is 29.8 Å². The first kappa shape index (κ1) is 15.3. The molecule has 0 aliphatic carbocycles. The van der Waals surface area contributed by atoms with Gasteiger partial charge in [-0.15, -0.1) is 0 Å². The highest BCUT2D eigenvalue weighted by Gasteiger charge is 2.12. The number of nitrogens with zero attached hydrogens (tertiary/aromatic N) is 2. The molecule has 0 radical (unpaired) electrons. The first-order valence-corrected chi connectivity index (χ1v) is 7.46. The Morgan fingerprint density at radius 2 is 2.04 bits per heavy atom. The van der Waals surface area contributed by atoms with Crippen molar-refractivity contribution in [2.45, 2.75) is 19.4 Å². The SMILES string of the molecule is O=C(CCc1nc(-c2ccco2)no1)NCc1ccc(Cl)cc1. The molecule has 1 N–H and O–H groups in total. The third-order valence-electron chi connectivity index (χ3n) is 3.18. The second kappa shape index (κ2) is 7.11. The number of nitrogens with one attached hydrogen (secondary N) is 1. The summed E-state index contributed by atoms with van der Waals surface area (Å²) in [6, 6.07) is 10.8. The first-order valence-electron chi connectivity index (χ1n) is 7.08. The number of furan rings is 1. The van der Waals surface area contributed by atoms with E-state index in [1.165, 1.54) is 6.26 Å². The van der Waals surface area contributed by atoms with Crippen molar-refractivity contribution in [3.05, 3.63) is 59.1 Å². The van der Waals surface area contributed by atoms with Crippen LogP contribution in [0, 0.1) is 0 Å². The monoisotopic (exact) mass is 331 g/mol. The number of hydrogen-bond donors (Lipinski definition) is 1. The van der Waals surface area contributed by atoms with E-state index in [-0.39, 0.29) is 12.3 Å². The van der Waals surface area contributed by atoms with E-state index in [9.17, 15) is 4.79 Å². The lowest BCUT2D eigenvalue weighted by molar-refractivity contribution is -0.121. The molecule has 0 saturated carbocycles. The number of carbonyl (C=O) groups is 1. The Bertz CT molecular complexity index is 766. The van der Waals surface area contributed by atoms with Gasteiger partial charge in [0, 0.05) is 24.4 Å². The maximum absolute atomic E-state index is 11.8. The Morgan fingerprint density at radius 3 is 2.78 bits per heavy atom. The van der Waals surface area contributed by atoms with E-state index in [2.05, 4.69) is 15.5 Å². The number of rotatable bonds is 6. The number of benzene rings is 1. The number of aryl methyl sites for hydroxylation is 1. The van der Waals surface area contributed by atoms with Gasteiger partial charge in [0.2, 0.25) is 17.6 Å². The molecule has 3 aromatic rings. The van der Waals surface area contributed by atoms with Crippen LogP contribution in [0.2, 0.25) is 5.02 Å². The van der Waals surface area contributed by atoms with Crippen molar-refractivity contribution >= 4 is 17.5 Å². The third kappa shape index (κ3) is 4.20. The highest BCUT2D eigenvalue weighted by atomic mass is 35.5. The zero-order valence-electron chi connectivity index (χ0n) is 12.2. The highest BCUT2D eigenvalue weighted by molar-refractivity contribution is 6.30. The van der Waals surface area contributed by atoms with Gasteiger partial charge in [-0.25, -0.2) is 0 Å². The lowest BCUT2D eigenvalue weighted by Gasteiger charge is -2.04. The Labute approximate surface area is 137 Å². The first-order chi connectivity index (χ1) is 11.2. The van der Waals surface area contributed by atoms with Gasteiger partial charge in [-0.3, -0.25) is 4.79 Å². The summed E-state index contributed by atoms with van der Waals surface area (Å²) in [5.41, 5.74) is 0.987. The molecule has 118 valence electrons. The van der Waals surface area contributed by atoms with Gasteiger partial charge in [-0.2, -0.15) is 4.98 Å². The lowest BCUT2D eigenvalue weighted by Crippen LogP contribution is -2.23. The Balaban J connectivity index is 1.46. The molecule has 0 aliphatic heterocycles. The second-order valence-corrected chi connectivity index (χ2v) is 5.33. The average molecular weight is 332 g/mol. The van der Waals surface area contributed by atoms with Crippen molar-refractivity contribution in [2.75, 3.05) is 0 Å². The number of amides is 1. The van der Waals surface area contributed by atoms with Gasteiger partial charge in [0.1, 0.15) is 0 Å². The third-order valence-corrected chi connectivity index (χ3v) is 3.43. The number of aromatic nitrogens is 2. The fourth-order valence-corrected chi connectivity index (χ4v) is 2.10. The van der Waals surface area contributed by atoms with Gasteiger partial charge in [0.15, 0.2) is 5.76 Å². The molecule has 0 bridgehead atoms. The topological polar surface area (TPSA) is 81.2 Å². The van der Waals surface area contributed by atoms with E-state index >= 15 is 0 Å². The van der Waals surface area contributed by atoms with Crippen LogP contribution in [0.5, 0.6) is 0 Å². The Kier molecular flexibility index (Phi) is 4.73. The maximum Gasteiger partial charge on any atom is 0.238 e. The number of halogens is 1. The van der Waals surface area contributed by atoms with Crippen molar-refractivity contribution in [3.8, 4) is 11.6 Å². The van der Waals surface area contributed by atoms with Crippen molar-refractivity contribution in [1.82, 2.24) is 15.5 Å².